The third kappa shape index (κ3) is 3.65. The number of amides is 2. The average Bonchev–Trinajstić information content (AvgIpc) is 2.93. The lowest BCUT2D eigenvalue weighted by molar-refractivity contribution is -0.136. The van der Waals surface area contributed by atoms with E-state index in [-0.39, 0.29) is 17.5 Å². The number of carbonyl (C=O) groups is 2. The number of hydrogen-bond acceptors (Lipinski definition) is 5. The fourth-order valence-electron chi connectivity index (χ4n) is 2.96. The van der Waals surface area contributed by atoms with Crippen LogP contribution in [0.25, 0.3) is 5.57 Å². The highest BCUT2D eigenvalue weighted by Gasteiger charge is 2.38. The fourth-order valence-corrected chi connectivity index (χ4v) is 2.96. The van der Waals surface area contributed by atoms with Crippen molar-refractivity contribution in [2.24, 2.45) is 0 Å². The minimum atomic E-state index is -0.316. The van der Waals surface area contributed by atoms with Gasteiger partial charge in [0.1, 0.15) is 17.2 Å². The van der Waals surface area contributed by atoms with Crippen molar-refractivity contribution in [1.82, 2.24) is 4.90 Å². The zero-order valence-corrected chi connectivity index (χ0v) is 15.6. The number of benzene rings is 2. The van der Waals surface area contributed by atoms with Gasteiger partial charge in [0.05, 0.1) is 19.8 Å². The Labute approximate surface area is 158 Å². The molecule has 0 bridgehead atoms. The van der Waals surface area contributed by atoms with E-state index >= 15 is 0 Å². The van der Waals surface area contributed by atoms with Crippen molar-refractivity contribution in [3.63, 3.8) is 0 Å². The van der Waals surface area contributed by atoms with Gasteiger partial charge in [-0.15, -0.1) is 0 Å². The van der Waals surface area contributed by atoms with Gasteiger partial charge in [-0.05, 0) is 48.4 Å². The first-order valence-corrected chi connectivity index (χ1v) is 8.75. The molecule has 0 atom stereocenters. The van der Waals surface area contributed by atoms with Crippen LogP contribution in [0.15, 0.2) is 54.2 Å². The number of carbonyl (C=O) groups excluding carboxylic acids is 2. The second-order valence-corrected chi connectivity index (χ2v) is 6.09. The van der Waals surface area contributed by atoms with Crippen LogP contribution < -0.4 is 14.8 Å². The van der Waals surface area contributed by atoms with Crippen molar-refractivity contribution < 1.29 is 19.1 Å². The van der Waals surface area contributed by atoms with Crippen LogP contribution in [0.4, 0.5) is 5.69 Å². The first-order chi connectivity index (χ1) is 13.1. The van der Waals surface area contributed by atoms with Gasteiger partial charge in [-0.3, -0.25) is 14.5 Å². The van der Waals surface area contributed by atoms with E-state index in [9.17, 15) is 9.59 Å². The molecule has 140 valence electrons. The molecule has 2 amide bonds. The highest BCUT2D eigenvalue weighted by Crippen LogP contribution is 2.31. The van der Waals surface area contributed by atoms with Crippen LogP contribution in [0.3, 0.4) is 0 Å². The molecule has 1 aliphatic heterocycles. The average molecular weight is 366 g/mol. The second kappa shape index (κ2) is 7.95. The standard InChI is InChI=1S/C21H22N2O4/c1-4-13-23-20(24)18(14-5-9-16(26-2)10-6-14)19(21(23)25)22-15-7-11-17(27-3)12-8-15/h5-12,22H,4,13H2,1-3H3. The topological polar surface area (TPSA) is 67.9 Å². The lowest BCUT2D eigenvalue weighted by atomic mass is 10.0. The number of nitrogens with one attached hydrogen (secondary N) is 1. The number of rotatable bonds is 7. The summed E-state index contributed by atoms with van der Waals surface area (Å²) in [6.07, 6.45) is 0.698. The Balaban J connectivity index is 2.01. The van der Waals surface area contributed by atoms with Gasteiger partial charge in [0.2, 0.25) is 0 Å². The molecule has 27 heavy (non-hydrogen) atoms. The minimum Gasteiger partial charge on any atom is -0.497 e. The molecule has 0 saturated heterocycles. The van der Waals surface area contributed by atoms with Crippen LogP contribution in [-0.2, 0) is 9.59 Å². The lowest BCUT2D eigenvalue weighted by Gasteiger charge is -2.13. The van der Waals surface area contributed by atoms with Gasteiger partial charge < -0.3 is 14.8 Å². The van der Waals surface area contributed by atoms with E-state index in [4.69, 9.17) is 9.47 Å². The van der Waals surface area contributed by atoms with Crippen molar-refractivity contribution in [1.29, 1.82) is 0 Å². The molecule has 0 aromatic heterocycles. The summed E-state index contributed by atoms with van der Waals surface area (Å²) in [6.45, 7) is 2.31. The molecule has 0 fully saturated rings. The van der Waals surface area contributed by atoms with E-state index in [0.717, 1.165) is 0 Å². The molecule has 6 heteroatoms. The summed E-state index contributed by atoms with van der Waals surface area (Å²) < 4.78 is 10.3. The maximum absolute atomic E-state index is 12.9. The summed E-state index contributed by atoms with van der Waals surface area (Å²) in [5.74, 6) is 0.795. The summed E-state index contributed by atoms with van der Waals surface area (Å²) in [6, 6.07) is 14.3. The summed E-state index contributed by atoms with van der Waals surface area (Å²) in [7, 11) is 3.17. The molecule has 1 heterocycles. The lowest BCUT2D eigenvalue weighted by Crippen LogP contribution is -2.33. The third-order valence-corrected chi connectivity index (χ3v) is 4.35. The van der Waals surface area contributed by atoms with E-state index in [0.29, 0.717) is 41.3 Å². The molecule has 2 aromatic rings. The number of imide groups is 1. The predicted molar refractivity (Wildman–Crippen MR) is 104 cm³/mol. The zero-order valence-electron chi connectivity index (χ0n) is 15.6. The third-order valence-electron chi connectivity index (χ3n) is 4.35. The first kappa shape index (κ1) is 18.5. The van der Waals surface area contributed by atoms with Crippen molar-refractivity contribution >= 4 is 23.1 Å². The van der Waals surface area contributed by atoms with Gasteiger partial charge in [0, 0.05) is 12.2 Å². The molecule has 1 N–H and O–H groups in total. The van der Waals surface area contributed by atoms with Crippen molar-refractivity contribution in [3.05, 3.63) is 59.8 Å². The summed E-state index contributed by atoms with van der Waals surface area (Å²) in [4.78, 5) is 27.1. The smallest absolute Gasteiger partial charge is 0.278 e. The first-order valence-electron chi connectivity index (χ1n) is 8.75. The summed E-state index contributed by atoms with van der Waals surface area (Å²) >= 11 is 0. The van der Waals surface area contributed by atoms with Crippen LogP contribution in [0, 0.1) is 0 Å². The van der Waals surface area contributed by atoms with Gasteiger partial charge in [-0.1, -0.05) is 19.1 Å². The zero-order chi connectivity index (χ0) is 19.4. The van der Waals surface area contributed by atoms with E-state index in [1.807, 2.05) is 6.92 Å². The molecule has 3 rings (SSSR count). The molecule has 6 nitrogen and oxygen atoms in total. The Morgan fingerprint density at radius 3 is 1.93 bits per heavy atom. The van der Waals surface area contributed by atoms with Crippen LogP contribution in [0.2, 0.25) is 0 Å². The molecule has 2 aromatic carbocycles. The SMILES string of the molecule is CCCN1C(=O)C(Nc2ccc(OC)cc2)=C(c2ccc(OC)cc2)C1=O. The van der Waals surface area contributed by atoms with E-state index in [2.05, 4.69) is 5.32 Å². The Hall–Kier alpha value is -3.28. The minimum absolute atomic E-state index is 0.281. The molecule has 0 aliphatic carbocycles. The number of ether oxygens (including phenoxy) is 2. The van der Waals surface area contributed by atoms with Crippen molar-refractivity contribution in [2.45, 2.75) is 13.3 Å². The Bertz CT molecular complexity index is 870. The maximum atomic E-state index is 12.9. The van der Waals surface area contributed by atoms with Gasteiger partial charge >= 0.3 is 0 Å². The maximum Gasteiger partial charge on any atom is 0.278 e. The van der Waals surface area contributed by atoms with E-state index < -0.39 is 0 Å². The van der Waals surface area contributed by atoms with Crippen LogP contribution in [0.1, 0.15) is 18.9 Å². The van der Waals surface area contributed by atoms with Crippen LogP contribution >= 0.6 is 0 Å². The van der Waals surface area contributed by atoms with E-state index in [1.165, 1.54) is 4.90 Å². The van der Waals surface area contributed by atoms with E-state index in [1.54, 1.807) is 62.8 Å². The molecule has 0 saturated carbocycles. The second-order valence-electron chi connectivity index (χ2n) is 6.09. The van der Waals surface area contributed by atoms with Gasteiger partial charge in [-0.25, -0.2) is 0 Å². The number of anilines is 1. The van der Waals surface area contributed by atoms with Crippen LogP contribution in [-0.4, -0.2) is 37.5 Å². The number of methoxy groups -OCH3 is 2. The Kier molecular flexibility index (Phi) is 5.45. The fraction of sp³-hybridized carbons (Fsp3) is 0.238. The van der Waals surface area contributed by atoms with Gasteiger partial charge in [-0.2, -0.15) is 0 Å². The molecular formula is C21H22N2O4. The van der Waals surface area contributed by atoms with Crippen LogP contribution in [0.5, 0.6) is 11.5 Å². The molecular weight excluding hydrogens is 344 g/mol. The molecule has 0 unspecified atom stereocenters. The normalized spacial score (nSPS) is 14.0. The number of nitrogens with zero attached hydrogens (tertiary/aromatic N) is 1. The van der Waals surface area contributed by atoms with Gasteiger partial charge in [0.25, 0.3) is 11.8 Å². The molecule has 1 aliphatic rings. The van der Waals surface area contributed by atoms with Gasteiger partial charge in [0.15, 0.2) is 0 Å². The Morgan fingerprint density at radius 2 is 1.41 bits per heavy atom. The Morgan fingerprint density at radius 1 is 0.852 bits per heavy atom. The van der Waals surface area contributed by atoms with Crippen molar-refractivity contribution in [2.75, 3.05) is 26.1 Å². The molecule has 0 radical (unpaired) electrons. The largest absolute Gasteiger partial charge is 0.497 e. The predicted octanol–water partition coefficient (Wildman–Crippen LogP) is 3.31. The molecule has 0 spiro atoms. The summed E-state index contributed by atoms with van der Waals surface area (Å²) in [5.41, 5.74) is 2.02. The number of hydrogen-bond donors (Lipinski definition) is 1. The highest BCUT2D eigenvalue weighted by molar-refractivity contribution is 6.36. The quantitative estimate of drug-likeness (QED) is 0.762. The van der Waals surface area contributed by atoms with Crippen molar-refractivity contribution in [3.8, 4) is 11.5 Å². The monoisotopic (exact) mass is 366 g/mol. The summed E-state index contributed by atoms with van der Waals surface area (Å²) in [5, 5.41) is 3.12. The highest BCUT2D eigenvalue weighted by atomic mass is 16.5.